The molecule has 0 unspecified atom stereocenters. The molecule has 2 rings (SSSR count). The van der Waals surface area contributed by atoms with Gasteiger partial charge < -0.3 is 34.6 Å². The van der Waals surface area contributed by atoms with Crippen LogP contribution in [0, 0.1) is 0 Å². The zero-order chi connectivity index (χ0) is 22.6. The molecule has 1 aliphatic heterocycles. The first kappa shape index (κ1) is 24.2. The van der Waals surface area contributed by atoms with Crippen LogP contribution in [-0.4, -0.2) is 75.3 Å². The number of ether oxygens (including phenoxy) is 3. The van der Waals surface area contributed by atoms with Gasteiger partial charge >= 0.3 is 11.9 Å². The molecule has 6 atom stereocenters. The Bertz CT molecular complexity index is 725. The van der Waals surface area contributed by atoms with E-state index in [1.165, 1.54) is 0 Å². The van der Waals surface area contributed by atoms with E-state index in [0.717, 1.165) is 5.56 Å². The Hall–Kier alpha value is -2.04. The first-order valence-corrected chi connectivity index (χ1v) is 9.82. The van der Waals surface area contributed by atoms with Crippen LogP contribution in [0.4, 0.5) is 0 Å². The highest BCUT2D eigenvalue weighted by molar-refractivity contribution is 5.78. The van der Waals surface area contributed by atoms with Crippen LogP contribution in [0.25, 0.3) is 0 Å². The molecule has 1 aliphatic rings. The summed E-state index contributed by atoms with van der Waals surface area (Å²) >= 11 is 0. The van der Waals surface area contributed by atoms with E-state index >= 15 is 0 Å². The maximum absolute atomic E-state index is 12.5. The van der Waals surface area contributed by atoms with Gasteiger partial charge in [-0.2, -0.15) is 0 Å². The molecule has 4 N–H and O–H groups in total. The van der Waals surface area contributed by atoms with Crippen LogP contribution in [0.1, 0.15) is 44.7 Å². The minimum atomic E-state index is -1.76. The van der Waals surface area contributed by atoms with Crippen molar-refractivity contribution < 1.29 is 44.2 Å². The van der Waals surface area contributed by atoms with Crippen molar-refractivity contribution in [2.24, 2.45) is 0 Å². The molecule has 1 saturated heterocycles. The van der Waals surface area contributed by atoms with E-state index in [1.807, 2.05) is 0 Å². The molecule has 0 bridgehead atoms. The molecule has 168 valence electrons. The second kappa shape index (κ2) is 9.84. The monoisotopic (exact) mass is 426 g/mol. The molecule has 0 saturated carbocycles. The van der Waals surface area contributed by atoms with E-state index in [2.05, 4.69) is 0 Å². The van der Waals surface area contributed by atoms with Crippen molar-refractivity contribution in [1.29, 1.82) is 0 Å². The summed E-state index contributed by atoms with van der Waals surface area (Å²) in [5.41, 5.74) is 0.668. The fraction of sp³-hybridized carbons (Fsp3) is 0.619. The summed E-state index contributed by atoms with van der Waals surface area (Å²) in [7, 11) is 0. The lowest BCUT2D eigenvalue weighted by atomic mass is 9.95. The van der Waals surface area contributed by atoms with Gasteiger partial charge in [0.2, 0.25) is 6.29 Å². The molecule has 9 heteroatoms. The van der Waals surface area contributed by atoms with Crippen LogP contribution >= 0.6 is 0 Å². The number of hydrogen-bond donors (Lipinski definition) is 4. The Morgan fingerprint density at radius 3 is 2.23 bits per heavy atom. The van der Waals surface area contributed by atoms with Gasteiger partial charge in [-0.05, 0) is 38.8 Å². The molecule has 1 fully saturated rings. The number of rotatable bonds is 7. The van der Waals surface area contributed by atoms with E-state index in [4.69, 9.17) is 14.2 Å². The fourth-order valence-electron chi connectivity index (χ4n) is 3.14. The van der Waals surface area contributed by atoms with Crippen molar-refractivity contribution in [3.8, 4) is 0 Å². The molecule has 30 heavy (non-hydrogen) atoms. The molecule has 1 aromatic rings. The van der Waals surface area contributed by atoms with Gasteiger partial charge in [-0.3, -0.25) is 4.79 Å². The molecule has 0 aromatic heterocycles. The minimum Gasteiger partial charge on any atom is -0.464 e. The fourth-order valence-corrected chi connectivity index (χ4v) is 3.14. The van der Waals surface area contributed by atoms with Gasteiger partial charge in [-0.25, -0.2) is 4.79 Å². The van der Waals surface area contributed by atoms with Gasteiger partial charge in [0.1, 0.15) is 18.3 Å². The van der Waals surface area contributed by atoms with E-state index < -0.39 is 54.2 Å². The third-order valence-electron chi connectivity index (χ3n) is 4.79. The number of carbonyl (C=O) groups excluding carboxylic acids is 2. The van der Waals surface area contributed by atoms with Crippen molar-refractivity contribution in [2.45, 2.75) is 76.3 Å². The van der Waals surface area contributed by atoms with Crippen LogP contribution in [0.2, 0.25) is 0 Å². The summed E-state index contributed by atoms with van der Waals surface area (Å²) in [6.45, 7) is 6.58. The second-order valence-corrected chi connectivity index (χ2v) is 8.04. The minimum absolute atomic E-state index is 0.0228. The van der Waals surface area contributed by atoms with Crippen molar-refractivity contribution in [1.82, 2.24) is 0 Å². The predicted molar refractivity (Wildman–Crippen MR) is 104 cm³/mol. The van der Waals surface area contributed by atoms with Gasteiger partial charge in [0.15, 0.2) is 6.10 Å². The molecule has 1 heterocycles. The summed E-state index contributed by atoms with van der Waals surface area (Å²) < 4.78 is 15.2. The molecule has 0 spiro atoms. The summed E-state index contributed by atoms with van der Waals surface area (Å²) in [5, 5.41) is 39.9. The lowest BCUT2D eigenvalue weighted by Crippen LogP contribution is -2.61. The molecular formula is C21H30O9. The normalized spacial score (nSPS) is 27.9. The maximum atomic E-state index is 12.5. The van der Waals surface area contributed by atoms with Crippen molar-refractivity contribution in [3.63, 3.8) is 0 Å². The number of aliphatic hydroxyl groups is 4. The maximum Gasteiger partial charge on any atom is 0.338 e. The average molecular weight is 426 g/mol. The molecule has 1 aromatic carbocycles. The predicted octanol–water partition coefficient (Wildman–Crippen LogP) is 0.0174. The Morgan fingerprint density at radius 2 is 1.70 bits per heavy atom. The zero-order valence-electron chi connectivity index (χ0n) is 17.5. The zero-order valence-corrected chi connectivity index (χ0v) is 17.5. The lowest BCUT2D eigenvalue weighted by molar-refractivity contribution is -0.287. The highest BCUT2D eigenvalue weighted by Crippen LogP contribution is 2.26. The van der Waals surface area contributed by atoms with Crippen LogP contribution < -0.4 is 0 Å². The lowest BCUT2D eigenvalue weighted by Gasteiger charge is -2.38. The standard InChI is InChI=1S/C21H30O9/c1-5-28-19(26)17-15(23)14(22)16(24)20(29-17)30-18(25)11(2)13-8-6-12(7-9-13)10-21(3,4)27/h6-9,11,14-17,20,22-24,27H,5,10H2,1-4H3/t11-,14-,15-,16+,17-,20-/m0/s1. The first-order valence-electron chi connectivity index (χ1n) is 9.82. The third kappa shape index (κ3) is 5.99. The van der Waals surface area contributed by atoms with Gasteiger partial charge in [-0.15, -0.1) is 0 Å². The smallest absolute Gasteiger partial charge is 0.338 e. The SMILES string of the molecule is CCOC(=O)[C@H]1O[C@@H](OC(=O)[C@@H](C)c2ccc(CC(C)(C)O)cc2)[C@H](O)[C@@H](O)[C@@H]1O. The summed E-state index contributed by atoms with van der Waals surface area (Å²) in [4.78, 5) is 24.5. The first-order chi connectivity index (χ1) is 13.9. The highest BCUT2D eigenvalue weighted by Gasteiger charge is 2.49. The Balaban J connectivity index is 2.06. The summed E-state index contributed by atoms with van der Waals surface area (Å²) in [6, 6.07) is 7.04. The van der Waals surface area contributed by atoms with E-state index in [1.54, 1.807) is 52.0 Å². The van der Waals surface area contributed by atoms with Crippen LogP contribution in [0.3, 0.4) is 0 Å². The number of aliphatic hydroxyl groups excluding tert-OH is 3. The molecule has 0 aliphatic carbocycles. The van der Waals surface area contributed by atoms with Gasteiger partial charge in [0, 0.05) is 6.42 Å². The Kier molecular flexibility index (Phi) is 7.95. The van der Waals surface area contributed by atoms with Crippen molar-refractivity contribution in [2.75, 3.05) is 6.61 Å². The second-order valence-electron chi connectivity index (χ2n) is 8.04. The van der Waals surface area contributed by atoms with Crippen LogP contribution in [-0.2, 0) is 30.2 Å². The largest absolute Gasteiger partial charge is 0.464 e. The highest BCUT2D eigenvalue weighted by atomic mass is 16.7. The number of esters is 2. The number of carbonyl (C=O) groups is 2. The van der Waals surface area contributed by atoms with Crippen molar-refractivity contribution in [3.05, 3.63) is 35.4 Å². The Morgan fingerprint density at radius 1 is 1.10 bits per heavy atom. The van der Waals surface area contributed by atoms with Crippen LogP contribution in [0.5, 0.6) is 0 Å². The third-order valence-corrected chi connectivity index (χ3v) is 4.79. The molecular weight excluding hydrogens is 396 g/mol. The van der Waals surface area contributed by atoms with E-state index in [0.29, 0.717) is 12.0 Å². The molecule has 0 radical (unpaired) electrons. The number of hydrogen-bond acceptors (Lipinski definition) is 9. The van der Waals surface area contributed by atoms with Gasteiger partial charge in [0.25, 0.3) is 0 Å². The van der Waals surface area contributed by atoms with E-state index in [9.17, 15) is 30.0 Å². The Labute approximate surface area is 175 Å². The molecule has 0 amide bonds. The van der Waals surface area contributed by atoms with Crippen molar-refractivity contribution >= 4 is 11.9 Å². The summed E-state index contributed by atoms with van der Waals surface area (Å²) in [5.74, 6) is -2.42. The molecule has 9 nitrogen and oxygen atoms in total. The van der Waals surface area contributed by atoms with E-state index in [-0.39, 0.29) is 6.61 Å². The van der Waals surface area contributed by atoms with Crippen LogP contribution in [0.15, 0.2) is 24.3 Å². The van der Waals surface area contributed by atoms with Gasteiger partial charge in [0.05, 0.1) is 18.1 Å². The topological polar surface area (TPSA) is 143 Å². The van der Waals surface area contributed by atoms with Gasteiger partial charge in [-0.1, -0.05) is 24.3 Å². The number of benzene rings is 1. The average Bonchev–Trinajstić information content (AvgIpc) is 2.67. The quantitative estimate of drug-likeness (QED) is 0.444. The summed E-state index contributed by atoms with van der Waals surface area (Å²) in [6.07, 6.45) is -8.03.